The van der Waals surface area contributed by atoms with Crippen LogP contribution in [-0.2, 0) is 21.2 Å². The first kappa shape index (κ1) is 17.9. The van der Waals surface area contributed by atoms with Crippen LogP contribution in [0, 0.1) is 0 Å². The summed E-state index contributed by atoms with van der Waals surface area (Å²) in [5.41, 5.74) is 0.975. The third kappa shape index (κ3) is 5.02. The summed E-state index contributed by atoms with van der Waals surface area (Å²) in [5.74, 6) is 0.169. The van der Waals surface area contributed by atoms with E-state index in [1.165, 1.54) is 0 Å². The molecular formula is C16H25N3O3S. The summed E-state index contributed by atoms with van der Waals surface area (Å²) in [6.45, 7) is 5.52. The molecule has 1 amide bonds. The quantitative estimate of drug-likeness (QED) is 0.828. The lowest BCUT2D eigenvalue weighted by molar-refractivity contribution is -0.132. The molecular weight excluding hydrogens is 314 g/mol. The van der Waals surface area contributed by atoms with Gasteiger partial charge in [0.1, 0.15) is 0 Å². The number of rotatable bonds is 6. The van der Waals surface area contributed by atoms with E-state index in [1.807, 2.05) is 4.90 Å². The lowest BCUT2D eigenvalue weighted by Gasteiger charge is -2.32. The van der Waals surface area contributed by atoms with Crippen LogP contribution in [0.1, 0.15) is 18.9 Å². The van der Waals surface area contributed by atoms with Crippen LogP contribution in [0.25, 0.3) is 0 Å². The van der Waals surface area contributed by atoms with E-state index in [0.717, 1.165) is 31.7 Å². The van der Waals surface area contributed by atoms with Gasteiger partial charge < -0.3 is 9.80 Å². The van der Waals surface area contributed by atoms with Crippen molar-refractivity contribution in [3.05, 3.63) is 29.8 Å². The molecule has 128 valence electrons. The van der Waals surface area contributed by atoms with E-state index in [4.69, 9.17) is 0 Å². The van der Waals surface area contributed by atoms with Gasteiger partial charge >= 0.3 is 0 Å². The predicted molar refractivity (Wildman–Crippen MR) is 89.7 cm³/mol. The number of piperazine rings is 1. The van der Waals surface area contributed by atoms with E-state index in [-0.39, 0.29) is 10.8 Å². The van der Waals surface area contributed by atoms with Crippen molar-refractivity contribution in [3.63, 3.8) is 0 Å². The summed E-state index contributed by atoms with van der Waals surface area (Å²) >= 11 is 0. The normalized spacial score (nSPS) is 16.5. The highest BCUT2D eigenvalue weighted by Gasteiger charge is 2.18. The molecule has 1 N–H and O–H groups in total. The summed E-state index contributed by atoms with van der Waals surface area (Å²) < 4.78 is 26.2. The Labute approximate surface area is 138 Å². The van der Waals surface area contributed by atoms with Crippen molar-refractivity contribution < 1.29 is 13.2 Å². The number of aryl methyl sites for hydroxylation is 1. The van der Waals surface area contributed by atoms with Crippen molar-refractivity contribution in [2.45, 2.75) is 24.7 Å². The summed E-state index contributed by atoms with van der Waals surface area (Å²) in [6, 6.07) is 6.74. The summed E-state index contributed by atoms with van der Waals surface area (Å²) in [7, 11) is -1.35. The number of nitrogens with one attached hydrogen (secondary N) is 1. The second kappa shape index (κ2) is 7.90. The zero-order chi connectivity index (χ0) is 16.9. The molecule has 6 nitrogen and oxygen atoms in total. The van der Waals surface area contributed by atoms with Gasteiger partial charge in [-0.05, 0) is 31.2 Å². The predicted octanol–water partition coefficient (Wildman–Crippen LogP) is 0.691. The number of nitrogens with zero attached hydrogens (tertiary/aromatic N) is 2. The molecule has 1 aromatic carbocycles. The van der Waals surface area contributed by atoms with Crippen LogP contribution in [0.2, 0.25) is 0 Å². The molecule has 23 heavy (non-hydrogen) atoms. The van der Waals surface area contributed by atoms with E-state index >= 15 is 0 Å². The van der Waals surface area contributed by atoms with Crippen molar-refractivity contribution in [2.75, 3.05) is 39.8 Å². The van der Waals surface area contributed by atoms with Crippen LogP contribution >= 0.6 is 0 Å². The molecule has 0 unspecified atom stereocenters. The van der Waals surface area contributed by atoms with Crippen LogP contribution < -0.4 is 4.72 Å². The van der Waals surface area contributed by atoms with Gasteiger partial charge in [-0.25, -0.2) is 13.1 Å². The average Bonchev–Trinajstić information content (AvgIpc) is 2.53. The maximum absolute atomic E-state index is 12.2. The number of benzene rings is 1. The molecule has 1 aliphatic heterocycles. The van der Waals surface area contributed by atoms with Crippen LogP contribution in [0.15, 0.2) is 29.2 Å². The molecule has 1 aromatic rings. The molecule has 0 radical (unpaired) electrons. The molecule has 0 aromatic heterocycles. The highest BCUT2D eigenvalue weighted by Crippen LogP contribution is 2.12. The molecule has 0 aliphatic carbocycles. The zero-order valence-corrected chi connectivity index (χ0v) is 14.6. The van der Waals surface area contributed by atoms with E-state index in [9.17, 15) is 13.2 Å². The van der Waals surface area contributed by atoms with Crippen LogP contribution in [0.4, 0.5) is 0 Å². The Balaban J connectivity index is 1.88. The number of carbonyl (C=O) groups excluding carboxylic acids is 1. The van der Waals surface area contributed by atoms with Crippen molar-refractivity contribution in [2.24, 2.45) is 0 Å². The summed E-state index contributed by atoms with van der Waals surface area (Å²) in [4.78, 5) is 16.6. The number of hydrogen-bond acceptors (Lipinski definition) is 4. The Morgan fingerprint density at radius 1 is 1.13 bits per heavy atom. The topological polar surface area (TPSA) is 69.7 Å². The maximum Gasteiger partial charge on any atom is 0.240 e. The standard InChI is InChI=1S/C16H25N3O3S/c1-3-17-23(21,22)15-7-4-14(5-8-15)6-9-16(20)19-12-10-18(2)11-13-19/h4-5,7-8,17H,3,6,9-13H2,1-2H3. The zero-order valence-electron chi connectivity index (χ0n) is 13.8. The van der Waals surface area contributed by atoms with Gasteiger partial charge in [0.05, 0.1) is 4.90 Å². The molecule has 0 spiro atoms. The summed E-state index contributed by atoms with van der Waals surface area (Å²) in [5, 5.41) is 0. The fourth-order valence-corrected chi connectivity index (χ4v) is 3.61. The smallest absolute Gasteiger partial charge is 0.240 e. The van der Waals surface area contributed by atoms with E-state index < -0.39 is 10.0 Å². The largest absolute Gasteiger partial charge is 0.340 e. The fraction of sp³-hybridized carbons (Fsp3) is 0.562. The minimum Gasteiger partial charge on any atom is -0.340 e. The van der Waals surface area contributed by atoms with Crippen molar-refractivity contribution in [1.29, 1.82) is 0 Å². The minimum atomic E-state index is -3.41. The monoisotopic (exact) mass is 339 g/mol. The highest BCUT2D eigenvalue weighted by molar-refractivity contribution is 7.89. The van der Waals surface area contributed by atoms with Gasteiger partial charge in [0.25, 0.3) is 0 Å². The molecule has 7 heteroatoms. The van der Waals surface area contributed by atoms with Crippen LogP contribution in [0.5, 0.6) is 0 Å². The molecule has 2 rings (SSSR count). The number of likely N-dealkylation sites (N-methyl/N-ethyl adjacent to an activating group) is 1. The lowest BCUT2D eigenvalue weighted by atomic mass is 10.1. The maximum atomic E-state index is 12.2. The highest BCUT2D eigenvalue weighted by atomic mass is 32.2. The van der Waals surface area contributed by atoms with Gasteiger partial charge in [-0.15, -0.1) is 0 Å². The van der Waals surface area contributed by atoms with Gasteiger partial charge in [-0.1, -0.05) is 19.1 Å². The van der Waals surface area contributed by atoms with Crippen LogP contribution in [0.3, 0.4) is 0 Å². The molecule has 1 aliphatic rings. The SMILES string of the molecule is CCNS(=O)(=O)c1ccc(CCC(=O)N2CCN(C)CC2)cc1. The fourth-order valence-electron chi connectivity index (χ4n) is 2.57. The van der Waals surface area contributed by atoms with E-state index in [2.05, 4.69) is 16.7 Å². The minimum absolute atomic E-state index is 0.169. The van der Waals surface area contributed by atoms with Gasteiger partial charge in [0, 0.05) is 39.1 Å². The Kier molecular flexibility index (Phi) is 6.15. The van der Waals surface area contributed by atoms with Crippen molar-refractivity contribution in [1.82, 2.24) is 14.5 Å². The molecule has 1 fully saturated rings. The number of carbonyl (C=O) groups is 1. The number of amides is 1. The second-order valence-electron chi connectivity index (χ2n) is 5.83. The van der Waals surface area contributed by atoms with Gasteiger partial charge in [0.15, 0.2) is 0 Å². The Morgan fingerprint density at radius 2 is 1.74 bits per heavy atom. The van der Waals surface area contributed by atoms with Crippen LogP contribution in [-0.4, -0.2) is 63.9 Å². The van der Waals surface area contributed by atoms with E-state index in [0.29, 0.717) is 19.4 Å². The van der Waals surface area contributed by atoms with Crippen molar-refractivity contribution >= 4 is 15.9 Å². The van der Waals surface area contributed by atoms with Gasteiger partial charge in [0.2, 0.25) is 15.9 Å². The first-order chi connectivity index (χ1) is 10.9. The first-order valence-corrected chi connectivity index (χ1v) is 9.45. The van der Waals surface area contributed by atoms with E-state index in [1.54, 1.807) is 31.2 Å². The second-order valence-corrected chi connectivity index (χ2v) is 7.60. The molecule has 1 saturated heterocycles. The van der Waals surface area contributed by atoms with Gasteiger partial charge in [-0.2, -0.15) is 0 Å². The molecule has 1 heterocycles. The third-order valence-electron chi connectivity index (χ3n) is 4.05. The first-order valence-electron chi connectivity index (χ1n) is 7.97. The number of hydrogen-bond donors (Lipinski definition) is 1. The Bertz CT molecular complexity index is 620. The molecule has 0 saturated carbocycles. The third-order valence-corrected chi connectivity index (χ3v) is 5.61. The Hall–Kier alpha value is -1.44. The number of sulfonamides is 1. The molecule has 0 bridgehead atoms. The lowest BCUT2D eigenvalue weighted by Crippen LogP contribution is -2.47. The molecule has 0 atom stereocenters. The average molecular weight is 339 g/mol. The Morgan fingerprint density at radius 3 is 2.30 bits per heavy atom. The van der Waals surface area contributed by atoms with Crippen molar-refractivity contribution in [3.8, 4) is 0 Å². The van der Waals surface area contributed by atoms with Gasteiger partial charge in [-0.3, -0.25) is 4.79 Å². The summed E-state index contributed by atoms with van der Waals surface area (Å²) in [6.07, 6.45) is 1.09.